The zero-order chi connectivity index (χ0) is 13.0. The van der Waals surface area contributed by atoms with Gasteiger partial charge < -0.3 is 11.1 Å². The van der Waals surface area contributed by atoms with Crippen LogP contribution in [0.3, 0.4) is 0 Å². The van der Waals surface area contributed by atoms with E-state index in [1.807, 2.05) is 18.2 Å². The molecule has 1 amide bonds. The van der Waals surface area contributed by atoms with Crippen LogP contribution in [0.15, 0.2) is 28.6 Å². The van der Waals surface area contributed by atoms with E-state index in [0.29, 0.717) is 6.42 Å². The molecule has 2 aromatic rings. The predicted octanol–water partition coefficient (Wildman–Crippen LogP) is 1.85. The van der Waals surface area contributed by atoms with Crippen molar-refractivity contribution in [2.24, 2.45) is 5.73 Å². The first-order valence-electron chi connectivity index (χ1n) is 5.65. The lowest BCUT2D eigenvalue weighted by atomic mass is 10.2. The maximum Gasteiger partial charge on any atom is 0.234 e. The lowest BCUT2D eigenvalue weighted by Gasteiger charge is -2.10. The van der Waals surface area contributed by atoms with Crippen molar-refractivity contribution in [3.63, 3.8) is 0 Å². The molecular weight excluding hydrogens is 266 g/mol. The number of hydrogen-bond donors (Lipinski definition) is 2. The van der Waals surface area contributed by atoms with Crippen molar-refractivity contribution >= 4 is 39.2 Å². The van der Waals surface area contributed by atoms with Crippen molar-refractivity contribution in [3.05, 3.63) is 24.3 Å². The van der Waals surface area contributed by atoms with Crippen molar-refractivity contribution in [1.82, 2.24) is 10.3 Å². The molecule has 3 N–H and O–H groups in total. The number of hydrogen-bond acceptors (Lipinski definition) is 5. The fourth-order valence-corrected chi connectivity index (χ4v) is 3.75. The minimum absolute atomic E-state index is 0.258. The molecule has 0 radical (unpaired) electrons. The van der Waals surface area contributed by atoms with Crippen LogP contribution in [0.25, 0.3) is 10.2 Å². The van der Waals surface area contributed by atoms with Crippen LogP contribution in [0.4, 0.5) is 0 Å². The number of likely N-dealkylation sites (N-methyl/N-ethyl adjacent to an activating group) is 1. The molecule has 0 aliphatic carbocycles. The van der Waals surface area contributed by atoms with E-state index in [1.165, 1.54) is 4.70 Å². The van der Waals surface area contributed by atoms with Crippen molar-refractivity contribution in [2.75, 3.05) is 12.8 Å². The number of nitrogens with two attached hydrogens (primary N) is 1. The molecule has 1 atom stereocenters. The van der Waals surface area contributed by atoms with Gasteiger partial charge in [-0.15, -0.1) is 11.3 Å². The number of carbonyl (C=O) groups is 1. The molecule has 0 aliphatic heterocycles. The number of nitrogens with zero attached hydrogens (tertiary/aromatic N) is 1. The number of thiazole rings is 1. The maximum atomic E-state index is 11.1. The van der Waals surface area contributed by atoms with Gasteiger partial charge in [0.2, 0.25) is 5.91 Å². The number of primary amides is 1. The van der Waals surface area contributed by atoms with Gasteiger partial charge >= 0.3 is 0 Å². The molecule has 0 fully saturated rings. The number of rotatable bonds is 6. The second-order valence-corrected chi connectivity index (χ2v) is 6.20. The SMILES string of the molecule is CNC(CCSc1nc2ccccc2s1)C(N)=O. The van der Waals surface area contributed by atoms with Crippen LogP contribution in [0.5, 0.6) is 0 Å². The third kappa shape index (κ3) is 3.22. The molecule has 1 heterocycles. The molecular formula is C12H15N3OS2. The first-order valence-corrected chi connectivity index (χ1v) is 7.46. The van der Waals surface area contributed by atoms with Crippen LogP contribution in [-0.2, 0) is 4.79 Å². The van der Waals surface area contributed by atoms with Gasteiger partial charge in [0.05, 0.1) is 16.3 Å². The van der Waals surface area contributed by atoms with E-state index >= 15 is 0 Å². The van der Waals surface area contributed by atoms with Gasteiger partial charge in [-0.2, -0.15) is 0 Å². The van der Waals surface area contributed by atoms with Gasteiger partial charge in [0, 0.05) is 5.75 Å². The number of benzene rings is 1. The first-order chi connectivity index (χ1) is 8.70. The van der Waals surface area contributed by atoms with Crippen LogP contribution in [0.1, 0.15) is 6.42 Å². The van der Waals surface area contributed by atoms with Crippen LogP contribution < -0.4 is 11.1 Å². The Hall–Kier alpha value is -1.11. The molecule has 6 heteroatoms. The Labute approximate surface area is 114 Å². The summed E-state index contributed by atoms with van der Waals surface area (Å²) in [6, 6.07) is 7.82. The van der Waals surface area contributed by atoms with Gasteiger partial charge in [0.1, 0.15) is 0 Å². The third-order valence-corrected chi connectivity index (χ3v) is 4.81. The number of carbonyl (C=O) groups excluding carboxylic acids is 1. The number of fused-ring (bicyclic) bond motifs is 1. The summed E-state index contributed by atoms with van der Waals surface area (Å²) < 4.78 is 2.23. The monoisotopic (exact) mass is 281 g/mol. The smallest absolute Gasteiger partial charge is 0.234 e. The normalized spacial score (nSPS) is 12.7. The minimum atomic E-state index is -0.303. The number of aromatic nitrogens is 1. The largest absolute Gasteiger partial charge is 0.368 e. The Balaban J connectivity index is 1.92. The quantitative estimate of drug-likeness (QED) is 0.793. The Morgan fingerprint density at radius 3 is 3.00 bits per heavy atom. The molecule has 4 nitrogen and oxygen atoms in total. The van der Waals surface area contributed by atoms with Crippen LogP contribution in [0, 0.1) is 0 Å². The van der Waals surface area contributed by atoms with Crippen LogP contribution >= 0.6 is 23.1 Å². The first kappa shape index (κ1) is 13.3. The fourth-order valence-electron chi connectivity index (χ4n) is 1.61. The molecule has 18 heavy (non-hydrogen) atoms. The van der Waals surface area contributed by atoms with Crippen molar-refractivity contribution < 1.29 is 4.79 Å². The van der Waals surface area contributed by atoms with E-state index in [0.717, 1.165) is 15.6 Å². The molecule has 0 saturated heterocycles. The van der Waals surface area contributed by atoms with Gasteiger partial charge in [-0.05, 0) is 25.6 Å². The van der Waals surface area contributed by atoms with Crippen LogP contribution in [-0.4, -0.2) is 29.7 Å². The van der Waals surface area contributed by atoms with Crippen LogP contribution in [0.2, 0.25) is 0 Å². The average molecular weight is 281 g/mol. The molecule has 1 unspecified atom stereocenters. The lowest BCUT2D eigenvalue weighted by Crippen LogP contribution is -2.39. The Bertz CT molecular complexity index is 508. The zero-order valence-corrected chi connectivity index (χ0v) is 11.7. The number of nitrogens with one attached hydrogen (secondary N) is 1. The Kier molecular flexibility index (Phi) is 4.57. The van der Waals surface area contributed by atoms with E-state index in [4.69, 9.17) is 5.73 Å². The second kappa shape index (κ2) is 6.17. The molecule has 2 rings (SSSR count). The Morgan fingerprint density at radius 1 is 1.56 bits per heavy atom. The summed E-state index contributed by atoms with van der Waals surface area (Å²) >= 11 is 3.35. The standard InChI is InChI=1S/C12H15N3OS2/c1-14-9(11(13)16)6-7-17-12-15-8-4-2-3-5-10(8)18-12/h2-5,9,14H,6-7H2,1H3,(H2,13,16). The third-order valence-electron chi connectivity index (χ3n) is 2.60. The zero-order valence-electron chi connectivity index (χ0n) is 10.1. The van der Waals surface area contributed by atoms with Gasteiger partial charge in [-0.1, -0.05) is 23.9 Å². The van der Waals surface area contributed by atoms with E-state index in [1.54, 1.807) is 30.1 Å². The number of para-hydroxylation sites is 1. The summed E-state index contributed by atoms with van der Waals surface area (Å²) in [5.41, 5.74) is 6.30. The second-order valence-electron chi connectivity index (χ2n) is 3.83. The highest BCUT2D eigenvalue weighted by atomic mass is 32.2. The highest BCUT2D eigenvalue weighted by molar-refractivity contribution is 8.01. The van der Waals surface area contributed by atoms with E-state index in [9.17, 15) is 4.79 Å². The Morgan fingerprint density at radius 2 is 2.33 bits per heavy atom. The highest BCUT2D eigenvalue weighted by Crippen LogP contribution is 2.29. The topological polar surface area (TPSA) is 68.0 Å². The van der Waals surface area contributed by atoms with Crippen molar-refractivity contribution in [2.45, 2.75) is 16.8 Å². The summed E-state index contributed by atoms with van der Waals surface area (Å²) in [7, 11) is 1.75. The predicted molar refractivity (Wildman–Crippen MR) is 77.0 cm³/mol. The molecule has 0 spiro atoms. The molecule has 0 bridgehead atoms. The maximum absolute atomic E-state index is 11.1. The number of amides is 1. The van der Waals surface area contributed by atoms with Crippen molar-refractivity contribution in [1.29, 1.82) is 0 Å². The summed E-state index contributed by atoms with van der Waals surface area (Å²) in [5.74, 6) is 0.524. The molecule has 0 saturated carbocycles. The molecule has 0 aliphatic rings. The van der Waals surface area contributed by atoms with E-state index in [2.05, 4.69) is 16.4 Å². The molecule has 96 valence electrons. The van der Waals surface area contributed by atoms with Gasteiger partial charge in [0.15, 0.2) is 4.34 Å². The average Bonchev–Trinajstić information content (AvgIpc) is 2.76. The number of thioether (sulfide) groups is 1. The van der Waals surface area contributed by atoms with Crippen molar-refractivity contribution in [3.8, 4) is 0 Å². The minimum Gasteiger partial charge on any atom is -0.368 e. The van der Waals surface area contributed by atoms with Gasteiger partial charge in [-0.25, -0.2) is 4.98 Å². The highest BCUT2D eigenvalue weighted by Gasteiger charge is 2.12. The van der Waals surface area contributed by atoms with Gasteiger partial charge in [-0.3, -0.25) is 4.79 Å². The summed E-state index contributed by atoms with van der Waals surface area (Å²) in [5, 5.41) is 2.91. The summed E-state index contributed by atoms with van der Waals surface area (Å²) in [4.78, 5) is 15.6. The summed E-state index contributed by atoms with van der Waals surface area (Å²) in [6.07, 6.45) is 0.715. The van der Waals surface area contributed by atoms with E-state index < -0.39 is 0 Å². The van der Waals surface area contributed by atoms with E-state index in [-0.39, 0.29) is 11.9 Å². The summed E-state index contributed by atoms with van der Waals surface area (Å²) in [6.45, 7) is 0. The molecule has 1 aromatic carbocycles. The van der Waals surface area contributed by atoms with Gasteiger partial charge in [0.25, 0.3) is 0 Å². The lowest BCUT2D eigenvalue weighted by molar-refractivity contribution is -0.119. The molecule has 1 aromatic heterocycles. The fraction of sp³-hybridized carbons (Fsp3) is 0.333.